The fourth-order valence-corrected chi connectivity index (χ4v) is 1.73. The predicted molar refractivity (Wildman–Crippen MR) is 52.3 cm³/mol. The van der Waals surface area contributed by atoms with Crippen molar-refractivity contribution in [3.63, 3.8) is 0 Å². The van der Waals surface area contributed by atoms with Crippen molar-refractivity contribution in [1.82, 2.24) is 9.38 Å². The molecule has 0 amide bonds. The fraction of sp³-hybridized carbons (Fsp3) is 0.222. The van der Waals surface area contributed by atoms with E-state index < -0.39 is 0 Å². The molecule has 0 unspecified atom stereocenters. The first-order valence-electron chi connectivity index (χ1n) is 3.93. The van der Waals surface area contributed by atoms with Crippen molar-refractivity contribution < 1.29 is 0 Å². The number of nitrogens with zero attached hydrogens (tertiary/aromatic N) is 2. The van der Waals surface area contributed by atoms with Crippen molar-refractivity contribution >= 4 is 21.6 Å². The van der Waals surface area contributed by atoms with Gasteiger partial charge in [0.2, 0.25) is 0 Å². The Morgan fingerprint density at radius 1 is 1.58 bits per heavy atom. The van der Waals surface area contributed by atoms with Gasteiger partial charge < -0.3 is 4.40 Å². The Labute approximate surface area is 79.4 Å². The number of aryl methyl sites for hydroxylation is 1. The average molecular weight is 225 g/mol. The van der Waals surface area contributed by atoms with Crippen LogP contribution >= 0.6 is 15.9 Å². The summed E-state index contributed by atoms with van der Waals surface area (Å²) in [6.45, 7) is 2.13. The van der Waals surface area contributed by atoms with Gasteiger partial charge in [0.1, 0.15) is 0 Å². The van der Waals surface area contributed by atoms with Crippen LogP contribution in [0.15, 0.2) is 29.0 Å². The minimum absolute atomic E-state index is 0.995. The molecule has 0 saturated carbocycles. The molecule has 2 aromatic rings. The Morgan fingerprint density at radius 3 is 3.17 bits per heavy atom. The SMILES string of the molecule is CCc1cnc2c(Br)cccn12. The van der Waals surface area contributed by atoms with E-state index in [1.807, 2.05) is 24.5 Å². The molecule has 0 aliphatic carbocycles. The maximum Gasteiger partial charge on any atom is 0.151 e. The minimum Gasteiger partial charge on any atom is -0.303 e. The molecule has 0 spiro atoms. The van der Waals surface area contributed by atoms with Gasteiger partial charge >= 0.3 is 0 Å². The smallest absolute Gasteiger partial charge is 0.151 e. The summed E-state index contributed by atoms with van der Waals surface area (Å²) in [6.07, 6.45) is 4.96. The summed E-state index contributed by atoms with van der Waals surface area (Å²) in [5, 5.41) is 0. The van der Waals surface area contributed by atoms with Gasteiger partial charge in [-0.1, -0.05) is 6.92 Å². The Morgan fingerprint density at radius 2 is 2.42 bits per heavy atom. The highest BCUT2D eigenvalue weighted by Gasteiger charge is 2.02. The van der Waals surface area contributed by atoms with E-state index in [9.17, 15) is 0 Å². The standard InChI is InChI=1S/C9H9BrN2/c1-2-7-6-11-9-8(10)4-3-5-12(7)9/h3-6H,2H2,1H3. The molecule has 62 valence electrons. The van der Waals surface area contributed by atoms with Crippen LogP contribution in [0.2, 0.25) is 0 Å². The maximum absolute atomic E-state index is 4.31. The Hall–Kier alpha value is -0.830. The van der Waals surface area contributed by atoms with Gasteiger partial charge in [0.15, 0.2) is 5.65 Å². The van der Waals surface area contributed by atoms with Gasteiger partial charge in [-0.25, -0.2) is 4.98 Å². The quantitative estimate of drug-likeness (QED) is 0.729. The van der Waals surface area contributed by atoms with Gasteiger partial charge in [0.25, 0.3) is 0 Å². The molecule has 2 rings (SSSR count). The average Bonchev–Trinajstić information content (AvgIpc) is 2.49. The van der Waals surface area contributed by atoms with E-state index in [0.29, 0.717) is 0 Å². The highest BCUT2D eigenvalue weighted by molar-refractivity contribution is 9.10. The molecule has 3 heteroatoms. The number of hydrogen-bond acceptors (Lipinski definition) is 1. The van der Waals surface area contributed by atoms with E-state index in [0.717, 1.165) is 16.5 Å². The van der Waals surface area contributed by atoms with Crippen LogP contribution in [0.5, 0.6) is 0 Å². The number of aromatic nitrogens is 2. The summed E-state index contributed by atoms with van der Waals surface area (Å²) in [5.74, 6) is 0. The molecule has 12 heavy (non-hydrogen) atoms. The number of hydrogen-bond donors (Lipinski definition) is 0. The van der Waals surface area contributed by atoms with E-state index in [-0.39, 0.29) is 0 Å². The topological polar surface area (TPSA) is 17.3 Å². The molecule has 0 aromatic carbocycles. The van der Waals surface area contributed by atoms with Gasteiger partial charge in [-0.05, 0) is 34.5 Å². The molecule has 2 nitrogen and oxygen atoms in total. The molecule has 0 aliphatic rings. The Kier molecular flexibility index (Phi) is 1.89. The number of halogens is 1. The summed E-state index contributed by atoms with van der Waals surface area (Å²) < 4.78 is 3.15. The molecule has 0 aliphatic heterocycles. The summed E-state index contributed by atoms with van der Waals surface area (Å²) in [4.78, 5) is 4.31. The van der Waals surface area contributed by atoms with Crippen LogP contribution in [0.4, 0.5) is 0 Å². The molecular weight excluding hydrogens is 216 g/mol. The number of rotatable bonds is 1. The van der Waals surface area contributed by atoms with Crippen LogP contribution in [0, 0.1) is 0 Å². The first-order valence-corrected chi connectivity index (χ1v) is 4.72. The largest absolute Gasteiger partial charge is 0.303 e. The van der Waals surface area contributed by atoms with Crippen LogP contribution in [0.25, 0.3) is 5.65 Å². The lowest BCUT2D eigenvalue weighted by Crippen LogP contribution is -1.89. The first-order chi connectivity index (χ1) is 5.83. The van der Waals surface area contributed by atoms with Crippen molar-refractivity contribution in [2.75, 3.05) is 0 Å². The van der Waals surface area contributed by atoms with E-state index >= 15 is 0 Å². The molecule has 2 heterocycles. The molecule has 0 fully saturated rings. The van der Waals surface area contributed by atoms with Crippen molar-refractivity contribution in [2.24, 2.45) is 0 Å². The van der Waals surface area contributed by atoms with Crippen LogP contribution in [0.1, 0.15) is 12.6 Å². The monoisotopic (exact) mass is 224 g/mol. The predicted octanol–water partition coefficient (Wildman–Crippen LogP) is 2.66. The number of pyridine rings is 1. The zero-order valence-corrected chi connectivity index (χ0v) is 8.37. The Balaban J connectivity index is 2.80. The molecule has 2 aromatic heterocycles. The third kappa shape index (κ3) is 1.05. The van der Waals surface area contributed by atoms with Crippen molar-refractivity contribution in [3.8, 4) is 0 Å². The van der Waals surface area contributed by atoms with Crippen LogP contribution in [-0.2, 0) is 6.42 Å². The van der Waals surface area contributed by atoms with E-state index in [2.05, 4.69) is 32.2 Å². The Bertz CT molecular complexity index is 406. The molecule has 0 radical (unpaired) electrons. The zero-order chi connectivity index (χ0) is 8.55. The number of imidazole rings is 1. The zero-order valence-electron chi connectivity index (χ0n) is 6.79. The highest BCUT2D eigenvalue weighted by atomic mass is 79.9. The molecular formula is C9H9BrN2. The maximum atomic E-state index is 4.31. The van der Waals surface area contributed by atoms with Crippen molar-refractivity contribution in [3.05, 3.63) is 34.7 Å². The second-order valence-electron chi connectivity index (χ2n) is 2.65. The fourth-order valence-electron chi connectivity index (χ4n) is 1.29. The van der Waals surface area contributed by atoms with Gasteiger partial charge in [0, 0.05) is 18.1 Å². The summed E-state index contributed by atoms with van der Waals surface area (Å²) in [6, 6.07) is 4.01. The third-order valence-electron chi connectivity index (χ3n) is 1.93. The molecule has 0 N–H and O–H groups in total. The van der Waals surface area contributed by atoms with E-state index in [1.54, 1.807) is 0 Å². The lowest BCUT2D eigenvalue weighted by atomic mass is 10.4. The van der Waals surface area contributed by atoms with Gasteiger partial charge in [-0.2, -0.15) is 0 Å². The van der Waals surface area contributed by atoms with Crippen LogP contribution in [0.3, 0.4) is 0 Å². The summed E-state index contributed by atoms with van der Waals surface area (Å²) in [5.41, 5.74) is 2.24. The third-order valence-corrected chi connectivity index (χ3v) is 2.55. The first kappa shape index (κ1) is 7.80. The van der Waals surface area contributed by atoms with Crippen molar-refractivity contribution in [2.45, 2.75) is 13.3 Å². The highest BCUT2D eigenvalue weighted by Crippen LogP contribution is 2.17. The second kappa shape index (κ2) is 2.90. The summed E-state index contributed by atoms with van der Waals surface area (Å²) >= 11 is 3.46. The van der Waals surface area contributed by atoms with E-state index in [4.69, 9.17) is 0 Å². The second-order valence-corrected chi connectivity index (χ2v) is 3.51. The normalized spacial score (nSPS) is 10.8. The van der Waals surface area contributed by atoms with Crippen molar-refractivity contribution in [1.29, 1.82) is 0 Å². The van der Waals surface area contributed by atoms with Gasteiger partial charge in [0.05, 0.1) is 4.47 Å². The minimum atomic E-state index is 0.995. The lowest BCUT2D eigenvalue weighted by molar-refractivity contribution is 0.993. The lowest BCUT2D eigenvalue weighted by Gasteiger charge is -1.98. The van der Waals surface area contributed by atoms with E-state index in [1.165, 1.54) is 5.69 Å². The molecule has 0 atom stereocenters. The van der Waals surface area contributed by atoms with Crippen LogP contribution < -0.4 is 0 Å². The molecule has 0 saturated heterocycles. The van der Waals surface area contributed by atoms with Gasteiger partial charge in [-0.15, -0.1) is 0 Å². The van der Waals surface area contributed by atoms with Crippen LogP contribution in [-0.4, -0.2) is 9.38 Å². The van der Waals surface area contributed by atoms with Gasteiger partial charge in [-0.3, -0.25) is 0 Å². The summed E-state index contributed by atoms with van der Waals surface area (Å²) in [7, 11) is 0. The number of fused-ring (bicyclic) bond motifs is 1. The molecule has 0 bridgehead atoms.